The Morgan fingerprint density at radius 3 is 2.68 bits per heavy atom. The van der Waals surface area contributed by atoms with Crippen LogP contribution >= 0.6 is 0 Å². The average Bonchev–Trinajstić information content (AvgIpc) is 2.61. The summed E-state index contributed by atoms with van der Waals surface area (Å²) in [6, 6.07) is 5.54. The Hall–Kier alpha value is -3.30. The van der Waals surface area contributed by atoms with E-state index in [1.165, 1.54) is 6.20 Å². The van der Waals surface area contributed by atoms with Gasteiger partial charge in [0.2, 0.25) is 0 Å². The van der Waals surface area contributed by atoms with Gasteiger partial charge in [-0.1, -0.05) is 0 Å². The summed E-state index contributed by atoms with van der Waals surface area (Å²) in [6.07, 6.45) is -2.74. The molecule has 1 saturated heterocycles. The summed E-state index contributed by atoms with van der Waals surface area (Å²) in [6.45, 7) is 0.375. The number of halogens is 4. The number of carbonyl (C=O) groups is 1. The molecule has 6 nitrogen and oxygen atoms in total. The van der Waals surface area contributed by atoms with E-state index in [-0.39, 0.29) is 23.5 Å². The smallest absolute Gasteiger partial charge is 0.350 e. The normalized spacial score (nSPS) is 17.8. The molecule has 1 aliphatic heterocycles. The van der Waals surface area contributed by atoms with Gasteiger partial charge in [-0.2, -0.15) is 18.3 Å². The standard InChI is InChI=1S/C18H15F4N5O/c19-13-7-11(6-12(9-13)18(20,21)22)5-10-1-3-24-15(8-10)26-14-2-4-25-17(28)16(14)27-23/h1,3,6-9H,2,4-5,23H2,(H,25,28)/b26-14?,27-16+. The van der Waals surface area contributed by atoms with Crippen LogP contribution in [0.15, 0.2) is 46.6 Å². The molecule has 0 radical (unpaired) electrons. The third-order valence-electron chi connectivity index (χ3n) is 4.02. The van der Waals surface area contributed by atoms with Crippen LogP contribution in [-0.4, -0.2) is 28.9 Å². The van der Waals surface area contributed by atoms with Crippen molar-refractivity contribution >= 4 is 23.1 Å². The van der Waals surface area contributed by atoms with E-state index < -0.39 is 23.5 Å². The summed E-state index contributed by atoms with van der Waals surface area (Å²) in [7, 11) is 0. The van der Waals surface area contributed by atoms with Gasteiger partial charge in [-0.15, -0.1) is 0 Å². The van der Waals surface area contributed by atoms with Gasteiger partial charge in [0.1, 0.15) is 5.82 Å². The molecule has 28 heavy (non-hydrogen) atoms. The Labute approximate surface area is 157 Å². The highest BCUT2D eigenvalue weighted by Gasteiger charge is 2.31. The van der Waals surface area contributed by atoms with E-state index in [0.29, 0.717) is 30.3 Å². The maximum absolute atomic E-state index is 13.6. The van der Waals surface area contributed by atoms with Gasteiger partial charge in [0, 0.05) is 19.2 Å². The van der Waals surface area contributed by atoms with E-state index >= 15 is 0 Å². The molecule has 2 aromatic rings. The molecule has 0 aliphatic carbocycles. The van der Waals surface area contributed by atoms with Crippen molar-refractivity contribution in [1.82, 2.24) is 10.3 Å². The van der Waals surface area contributed by atoms with Crippen molar-refractivity contribution in [2.24, 2.45) is 15.9 Å². The van der Waals surface area contributed by atoms with Gasteiger partial charge in [-0.05, 0) is 47.9 Å². The number of nitrogens with one attached hydrogen (secondary N) is 1. The highest BCUT2D eigenvalue weighted by Crippen LogP contribution is 2.31. The van der Waals surface area contributed by atoms with Gasteiger partial charge in [0.05, 0.1) is 11.3 Å². The molecule has 0 atom stereocenters. The second-order valence-corrected chi connectivity index (χ2v) is 6.09. The maximum atomic E-state index is 13.6. The minimum atomic E-state index is -4.63. The van der Waals surface area contributed by atoms with Gasteiger partial charge >= 0.3 is 6.18 Å². The van der Waals surface area contributed by atoms with Gasteiger partial charge < -0.3 is 11.2 Å². The third kappa shape index (κ3) is 4.51. The molecule has 2 heterocycles. The van der Waals surface area contributed by atoms with Crippen molar-refractivity contribution in [1.29, 1.82) is 0 Å². The number of amides is 1. The van der Waals surface area contributed by atoms with Gasteiger partial charge in [0.15, 0.2) is 11.5 Å². The van der Waals surface area contributed by atoms with Crippen molar-refractivity contribution in [3.63, 3.8) is 0 Å². The van der Waals surface area contributed by atoms with Crippen molar-refractivity contribution in [3.05, 3.63) is 59.0 Å². The molecule has 146 valence electrons. The molecule has 0 spiro atoms. The van der Waals surface area contributed by atoms with Crippen LogP contribution in [0, 0.1) is 5.82 Å². The highest BCUT2D eigenvalue weighted by molar-refractivity contribution is 6.67. The summed E-state index contributed by atoms with van der Waals surface area (Å²) in [5.41, 5.74) is 0.0615. The van der Waals surface area contributed by atoms with Crippen molar-refractivity contribution in [3.8, 4) is 0 Å². The van der Waals surface area contributed by atoms with Crippen LogP contribution in [0.1, 0.15) is 23.1 Å². The molecule has 0 unspecified atom stereocenters. The van der Waals surface area contributed by atoms with Crippen LogP contribution in [0.3, 0.4) is 0 Å². The summed E-state index contributed by atoms with van der Waals surface area (Å²) in [5, 5.41) is 6.02. The molecule has 3 N–H and O–H groups in total. The SMILES string of the molecule is N/N=C1/C(=O)NCCC1=Nc1cc(Cc2cc(F)cc(C(F)(F)F)c2)ccn1. The number of nitrogens with zero attached hydrogens (tertiary/aromatic N) is 3. The number of hydrogen-bond donors (Lipinski definition) is 2. The first kappa shape index (κ1) is 19.5. The lowest BCUT2D eigenvalue weighted by Crippen LogP contribution is -2.43. The van der Waals surface area contributed by atoms with Crippen LogP contribution in [0.5, 0.6) is 0 Å². The fourth-order valence-corrected chi connectivity index (χ4v) is 2.79. The Kier molecular flexibility index (Phi) is 5.39. The number of rotatable bonds is 3. The van der Waals surface area contributed by atoms with Crippen molar-refractivity contribution in [2.45, 2.75) is 19.0 Å². The molecule has 1 aromatic heterocycles. The van der Waals surface area contributed by atoms with Crippen LogP contribution in [0.25, 0.3) is 0 Å². The zero-order valence-corrected chi connectivity index (χ0v) is 14.4. The topological polar surface area (TPSA) is 92.7 Å². The molecular formula is C18H15F4N5O. The largest absolute Gasteiger partial charge is 0.416 e. The Bertz CT molecular complexity index is 969. The molecule has 1 aromatic carbocycles. The first-order chi connectivity index (χ1) is 13.3. The van der Waals surface area contributed by atoms with Crippen LogP contribution < -0.4 is 11.2 Å². The fourth-order valence-electron chi connectivity index (χ4n) is 2.79. The number of nitrogens with two attached hydrogens (primary N) is 1. The number of alkyl halides is 3. The number of aliphatic imine (C=N–C) groups is 1. The van der Waals surface area contributed by atoms with E-state index in [2.05, 4.69) is 20.4 Å². The Morgan fingerprint density at radius 1 is 1.18 bits per heavy atom. The first-order valence-electron chi connectivity index (χ1n) is 8.22. The number of hydrogen-bond acceptors (Lipinski definition) is 5. The quantitative estimate of drug-likeness (QED) is 0.477. The van der Waals surface area contributed by atoms with Crippen molar-refractivity contribution in [2.75, 3.05) is 6.54 Å². The second kappa shape index (κ2) is 7.75. The van der Waals surface area contributed by atoms with Crippen LogP contribution in [-0.2, 0) is 17.4 Å². The predicted octanol–water partition coefficient (Wildman–Crippen LogP) is 2.74. The van der Waals surface area contributed by atoms with E-state index in [0.717, 1.165) is 12.1 Å². The minimum Gasteiger partial charge on any atom is -0.350 e. The number of aromatic nitrogens is 1. The van der Waals surface area contributed by atoms with Crippen molar-refractivity contribution < 1.29 is 22.4 Å². The lowest BCUT2D eigenvalue weighted by atomic mass is 10.0. The molecule has 3 rings (SSSR count). The average molecular weight is 393 g/mol. The van der Waals surface area contributed by atoms with Crippen LogP contribution in [0.4, 0.5) is 23.4 Å². The van der Waals surface area contributed by atoms with E-state index in [9.17, 15) is 22.4 Å². The Morgan fingerprint density at radius 2 is 1.96 bits per heavy atom. The van der Waals surface area contributed by atoms with E-state index in [1.54, 1.807) is 12.1 Å². The lowest BCUT2D eigenvalue weighted by Gasteiger charge is -2.15. The van der Waals surface area contributed by atoms with Gasteiger partial charge in [-0.25, -0.2) is 14.4 Å². The van der Waals surface area contributed by atoms with Gasteiger partial charge in [-0.3, -0.25) is 4.79 Å². The fraction of sp³-hybridized carbons (Fsp3) is 0.222. The molecule has 0 bridgehead atoms. The van der Waals surface area contributed by atoms with Crippen LogP contribution in [0.2, 0.25) is 0 Å². The maximum Gasteiger partial charge on any atom is 0.416 e. The predicted molar refractivity (Wildman–Crippen MR) is 94.8 cm³/mol. The third-order valence-corrected chi connectivity index (χ3v) is 4.02. The highest BCUT2D eigenvalue weighted by atomic mass is 19.4. The number of pyridine rings is 1. The summed E-state index contributed by atoms with van der Waals surface area (Å²) in [4.78, 5) is 20.1. The zero-order chi connectivity index (χ0) is 20.3. The van der Waals surface area contributed by atoms with E-state index in [4.69, 9.17) is 5.84 Å². The Balaban J connectivity index is 1.88. The zero-order valence-electron chi connectivity index (χ0n) is 14.4. The molecule has 0 saturated carbocycles. The molecule has 1 fully saturated rings. The number of hydrazone groups is 1. The van der Waals surface area contributed by atoms with Gasteiger partial charge in [0.25, 0.3) is 5.91 Å². The second-order valence-electron chi connectivity index (χ2n) is 6.09. The molecule has 10 heteroatoms. The number of benzene rings is 1. The van der Waals surface area contributed by atoms with E-state index in [1.807, 2.05) is 0 Å². The monoisotopic (exact) mass is 393 g/mol. The number of piperidine rings is 1. The summed E-state index contributed by atoms with van der Waals surface area (Å²) in [5.74, 6) is 4.07. The molecular weight excluding hydrogens is 378 g/mol. The lowest BCUT2D eigenvalue weighted by molar-refractivity contribution is -0.137. The minimum absolute atomic E-state index is 0.00148. The summed E-state index contributed by atoms with van der Waals surface area (Å²) < 4.78 is 52.2. The first-order valence-corrected chi connectivity index (χ1v) is 8.22. The molecule has 1 aliphatic rings. The summed E-state index contributed by atoms with van der Waals surface area (Å²) >= 11 is 0. The molecule has 1 amide bonds. The number of carbonyl (C=O) groups excluding carboxylic acids is 1.